The molecular formula is C15H15ClF4O. The number of carbonyl (C=O) groups is 1. The zero-order chi connectivity index (χ0) is 15.6. The standard InChI is InChI=1S/C15H15ClF4O/c16-12-3-1-2-10(14(12)17)8-13(21)9-4-6-11(7-5-9)15(18,19)20/h1-3,9,11H,4-8H2. The van der Waals surface area contributed by atoms with Crippen molar-refractivity contribution in [2.45, 2.75) is 38.3 Å². The Bertz CT molecular complexity index is 519. The van der Waals surface area contributed by atoms with Crippen LogP contribution in [0.1, 0.15) is 31.2 Å². The number of Topliss-reactive ketones (excluding diaryl/α,β-unsaturated/α-hetero) is 1. The Morgan fingerprint density at radius 3 is 2.38 bits per heavy atom. The maximum atomic E-state index is 13.7. The largest absolute Gasteiger partial charge is 0.391 e. The zero-order valence-corrected chi connectivity index (χ0v) is 12.0. The fourth-order valence-electron chi connectivity index (χ4n) is 2.76. The van der Waals surface area contributed by atoms with E-state index in [0.29, 0.717) is 0 Å². The molecule has 1 aromatic carbocycles. The monoisotopic (exact) mass is 322 g/mol. The second kappa shape index (κ2) is 6.34. The molecule has 0 aliphatic heterocycles. The van der Waals surface area contributed by atoms with Gasteiger partial charge in [-0.05, 0) is 37.3 Å². The third-order valence-corrected chi connectivity index (χ3v) is 4.33. The van der Waals surface area contributed by atoms with E-state index in [-0.39, 0.29) is 48.5 Å². The van der Waals surface area contributed by atoms with Crippen molar-refractivity contribution in [2.24, 2.45) is 11.8 Å². The van der Waals surface area contributed by atoms with Crippen molar-refractivity contribution in [1.82, 2.24) is 0 Å². The van der Waals surface area contributed by atoms with Crippen LogP contribution in [0.2, 0.25) is 5.02 Å². The van der Waals surface area contributed by atoms with E-state index in [2.05, 4.69) is 0 Å². The lowest BCUT2D eigenvalue weighted by Gasteiger charge is -2.29. The van der Waals surface area contributed by atoms with E-state index in [1.54, 1.807) is 6.07 Å². The Labute approximate surface area is 125 Å². The van der Waals surface area contributed by atoms with Gasteiger partial charge in [-0.15, -0.1) is 0 Å². The highest BCUT2D eigenvalue weighted by molar-refractivity contribution is 6.30. The number of alkyl halides is 3. The van der Waals surface area contributed by atoms with Gasteiger partial charge in [-0.2, -0.15) is 13.2 Å². The topological polar surface area (TPSA) is 17.1 Å². The number of ketones is 1. The summed E-state index contributed by atoms with van der Waals surface area (Å²) in [6.45, 7) is 0. The molecule has 0 bridgehead atoms. The van der Waals surface area contributed by atoms with Crippen molar-refractivity contribution >= 4 is 17.4 Å². The number of rotatable bonds is 3. The fraction of sp³-hybridized carbons (Fsp3) is 0.533. The lowest BCUT2D eigenvalue weighted by Crippen LogP contribution is -2.30. The van der Waals surface area contributed by atoms with E-state index in [0.717, 1.165) is 0 Å². The fourth-order valence-corrected chi connectivity index (χ4v) is 2.95. The molecule has 2 rings (SSSR count). The first-order chi connectivity index (χ1) is 9.79. The molecule has 1 fully saturated rings. The Kier molecular flexibility index (Phi) is 4.91. The molecule has 1 saturated carbocycles. The normalized spacial score (nSPS) is 23.1. The van der Waals surface area contributed by atoms with Gasteiger partial charge in [-0.1, -0.05) is 23.7 Å². The molecule has 0 N–H and O–H groups in total. The average molecular weight is 323 g/mol. The summed E-state index contributed by atoms with van der Waals surface area (Å²) in [6, 6.07) is 4.41. The van der Waals surface area contributed by atoms with E-state index < -0.39 is 23.8 Å². The van der Waals surface area contributed by atoms with Crippen LogP contribution >= 0.6 is 11.6 Å². The van der Waals surface area contributed by atoms with Gasteiger partial charge in [0.2, 0.25) is 0 Å². The van der Waals surface area contributed by atoms with Crippen LogP contribution in [-0.2, 0) is 11.2 Å². The van der Waals surface area contributed by atoms with Gasteiger partial charge in [0.05, 0.1) is 10.9 Å². The molecule has 0 radical (unpaired) electrons. The molecule has 0 spiro atoms. The van der Waals surface area contributed by atoms with Crippen molar-refractivity contribution in [3.63, 3.8) is 0 Å². The smallest absolute Gasteiger partial charge is 0.299 e. The molecule has 0 amide bonds. The molecular weight excluding hydrogens is 308 g/mol. The molecule has 116 valence electrons. The van der Waals surface area contributed by atoms with Gasteiger partial charge >= 0.3 is 6.18 Å². The lowest BCUT2D eigenvalue weighted by molar-refractivity contribution is -0.184. The van der Waals surface area contributed by atoms with Gasteiger partial charge in [0.15, 0.2) is 0 Å². The quantitative estimate of drug-likeness (QED) is 0.719. The molecule has 0 atom stereocenters. The summed E-state index contributed by atoms with van der Waals surface area (Å²) in [5.41, 5.74) is 0.199. The van der Waals surface area contributed by atoms with Crippen molar-refractivity contribution in [1.29, 1.82) is 0 Å². The number of halogens is 5. The van der Waals surface area contributed by atoms with E-state index in [9.17, 15) is 22.4 Å². The third kappa shape index (κ3) is 3.96. The van der Waals surface area contributed by atoms with Gasteiger partial charge in [-0.3, -0.25) is 4.79 Å². The van der Waals surface area contributed by atoms with Crippen LogP contribution in [-0.4, -0.2) is 12.0 Å². The number of hydrogen-bond donors (Lipinski definition) is 0. The van der Waals surface area contributed by atoms with Crippen LogP contribution in [0, 0.1) is 17.7 Å². The number of hydrogen-bond acceptors (Lipinski definition) is 1. The van der Waals surface area contributed by atoms with E-state index in [4.69, 9.17) is 11.6 Å². The summed E-state index contributed by atoms with van der Waals surface area (Å²) in [7, 11) is 0. The van der Waals surface area contributed by atoms with Crippen LogP contribution in [0.25, 0.3) is 0 Å². The Morgan fingerprint density at radius 2 is 1.81 bits per heavy atom. The molecule has 0 saturated heterocycles. The van der Waals surface area contributed by atoms with E-state index in [1.807, 2.05) is 0 Å². The molecule has 0 unspecified atom stereocenters. The summed E-state index contributed by atoms with van der Waals surface area (Å²) >= 11 is 5.64. The van der Waals surface area contributed by atoms with Crippen molar-refractivity contribution in [3.8, 4) is 0 Å². The van der Waals surface area contributed by atoms with Crippen LogP contribution in [0.4, 0.5) is 17.6 Å². The third-order valence-electron chi connectivity index (χ3n) is 4.04. The Balaban J connectivity index is 1.95. The minimum absolute atomic E-state index is 0.0298. The number of carbonyl (C=O) groups excluding carboxylic acids is 1. The first-order valence-electron chi connectivity index (χ1n) is 6.81. The van der Waals surface area contributed by atoms with Crippen LogP contribution < -0.4 is 0 Å². The molecule has 21 heavy (non-hydrogen) atoms. The molecule has 0 heterocycles. The number of benzene rings is 1. The zero-order valence-electron chi connectivity index (χ0n) is 11.2. The maximum absolute atomic E-state index is 13.7. The van der Waals surface area contributed by atoms with Crippen LogP contribution in [0.15, 0.2) is 18.2 Å². The molecule has 1 aromatic rings. The maximum Gasteiger partial charge on any atom is 0.391 e. The summed E-state index contributed by atoms with van der Waals surface area (Å²) < 4.78 is 51.4. The highest BCUT2D eigenvalue weighted by Gasteiger charge is 2.42. The Morgan fingerprint density at radius 1 is 1.19 bits per heavy atom. The second-order valence-electron chi connectivity index (χ2n) is 5.45. The van der Waals surface area contributed by atoms with Crippen LogP contribution in [0.3, 0.4) is 0 Å². The predicted molar refractivity (Wildman–Crippen MR) is 71.6 cm³/mol. The molecule has 6 heteroatoms. The van der Waals surface area contributed by atoms with Gasteiger partial charge in [-0.25, -0.2) is 4.39 Å². The highest BCUT2D eigenvalue weighted by Crippen LogP contribution is 2.40. The lowest BCUT2D eigenvalue weighted by atomic mass is 9.78. The minimum atomic E-state index is -4.19. The summed E-state index contributed by atoms with van der Waals surface area (Å²) in [5.74, 6) is -2.57. The van der Waals surface area contributed by atoms with E-state index >= 15 is 0 Å². The van der Waals surface area contributed by atoms with Gasteiger partial charge < -0.3 is 0 Å². The van der Waals surface area contributed by atoms with Gasteiger partial charge in [0, 0.05) is 12.3 Å². The Hall–Kier alpha value is -1.10. The molecule has 1 aliphatic rings. The van der Waals surface area contributed by atoms with Crippen LogP contribution in [0.5, 0.6) is 0 Å². The minimum Gasteiger partial charge on any atom is -0.299 e. The first kappa shape index (κ1) is 16.3. The molecule has 1 nitrogen and oxygen atoms in total. The average Bonchev–Trinajstić information content (AvgIpc) is 2.43. The second-order valence-corrected chi connectivity index (χ2v) is 5.85. The summed E-state index contributed by atoms with van der Waals surface area (Å²) in [4.78, 5) is 12.1. The van der Waals surface area contributed by atoms with Crippen molar-refractivity contribution in [2.75, 3.05) is 0 Å². The van der Waals surface area contributed by atoms with Gasteiger partial charge in [0.25, 0.3) is 0 Å². The summed E-state index contributed by atoms with van der Waals surface area (Å²) in [5, 5.41) is -0.0546. The van der Waals surface area contributed by atoms with Crippen molar-refractivity contribution in [3.05, 3.63) is 34.6 Å². The van der Waals surface area contributed by atoms with E-state index in [1.165, 1.54) is 12.1 Å². The SMILES string of the molecule is O=C(Cc1cccc(Cl)c1F)C1CCC(C(F)(F)F)CC1. The first-order valence-corrected chi connectivity index (χ1v) is 7.19. The predicted octanol–water partition coefficient (Wildman–Crippen LogP) is 4.96. The van der Waals surface area contributed by atoms with Gasteiger partial charge in [0.1, 0.15) is 11.6 Å². The highest BCUT2D eigenvalue weighted by atomic mass is 35.5. The summed E-state index contributed by atoms with van der Waals surface area (Å²) in [6.07, 6.45) is -3.94. The molecule has 0 aromatic heterocycles. The molecule has 1 aliphatic carbocycles. The van der Waals surface area contributed by atoms with Crippen molar-refractivity contribution < 1.29 is 22.4 Å².